The van der Waals surface area contributed by atoms with E-state index in [0.29, 0.717) is 15.8 Å². The van der Waals surface area contributed by atoms with E-state index < -0.39 is 22.9 Å². The molecule has 0 radical (unpaired) electrons. The summed E-state index contributed by atoms with van der Waals surface area (Å²) in [6, 6.07) is 10.6. The number of hydrogen-bond donors (Lipinski definition) is 2. The number of anilines is 1. The second kappa shape index (κ2) is 10.2. The van der Waals surface area contributed by atoms with Crippen molar-refractivity contribution in [3.8, 4) is 5.88 Å². The third kappa shape index (κ3) is 5.60. The number of nitrogens with zero attached hydrogens (tertiary/aromatic N) is 3. The Morgan fingerprint density at radius 1 is 1.15 bits per heavy atom. The number of carbonyl (C=O) groups excluding carboxylic acids is 1. The zero-order valence-corrected chi connectivity index (χ0v) is 20.3. The van der Waals surface area contributed by atoms with Gasteiger partial charge in [0, 0.05) is 18.6 Å². The first-order chi connectivity index (χ1) is 15.6. The molecule has 33 heavy (non-hydrogen) atoms. The third-order valence-electron chi connectivity index (χ3n) is 4.64. The van der Waals surface area contributed by atoms with Gasteiger partial charge in [-0.3, -0.25) is 18.7 Å². The molecule has 3 aromatic rings. The maximum Gasteiger partial charge on any atom is 0.333 e. The molecule has 0 unspecified atom stereocenters. The lowest BCUT2D eigenvalue weighted by atomic mass is 10.2. The molecular weight excluding hydrogens is 515 g/mol. The molecule has 1 heterocycles. The van der Waals surface area contributed by atoms with Crippen LogP contribution in [-0.2, 0) is 18.9 Å². The number of carbonyl (C=O) groups is 1. The average Bonchev–Trinajstić information content (AvgIpc) is 2.78. The molecule has 11 heteroatoms. The summed E-state index contributed by atoms with van der Waals surface area (Å²) < 4.78 is 15.8. The highest BCUT2D eigenvalue weighted by Crippen LogP contribution is 2.25. The van der Waals surface area contributed by atoms with Gasteiger partial charge in [-0.1, -0.05) is 17.8 Å². The normalized spacial score (nSPS) is 11.5. The largest absolute Gasteiger partial charge is 0.494 e. The first kappa shape index (κ1) is 24.5. The molecule has 0 saturated heterocycles. The van der Waals surface area contributed by atoms with Gasteiger partial charge in [0.15, 0.2) is 0 Å². The molecule has 1 amide bonds. The van der Waals surface area contributed by atoms with Gasteiger partial charge >= 0.3 is 5.69 Å². The number of aryl methyl sites for hydroxylation is 1. The summed E-state index contributed by atoms with van der Waals surface area (Å²) in [5.74, 6) is -1.58. The summed E-state index contributed by atoms with van der Waals surface area (Å²) in [6.07, 6.45) is 0. The number of nitrogens with one attached hydrogen (secondary N) is 1. The van der Waals surface area contributed by atoms with Crippen molar-refractivity contribution in [1.82, 2.24) is 9.13 Å². The summed E-state index contributed by atoms with van der Waals surface area (Å²) in [5.41, 5.74) is 0.169. The van der Waals surface area contributed by atoms with Crippen LogP contribution < -0.4 is 16.6 Å². The van der Waals surface area contributed by atoms with Crippen LogP contribution in [0.4, 0.5) is 15.8 Å². The van der Waals surface area contributed by atoms with Gasteiger partial charge in [0.05, 0.1) is 17.1 Å². The molecule has 1 aromatic heterocycles. The smallest absolute Gasteiger partial charge is 0.333 e. The highest BCUT2D eigenvalue weighted by molar-refractivity contribution is 9.10. The Morgan fingerprint density at radius 2 is 1.82 bits per heavy atom. The van der Waals surface area contributed by atoms with Crippen LogP contribution in [0.3, 0.4) is 0 Å². The molecule has 0 saturated carbocycles. The molecule has 2 aromatic carbocycles. The van der Waals surface area contributed by atoms with Crippen LogP contribution in [0.25, 0.3) is 0 Å². The predicted molar refractivity (Wildman–Crippen MR) is 131 cm³/mol. The van der Waals surface area contributed by atoms with Gasteiger partial charge in [-0.2, -0.15) is 0 Å². The minimum atomic E-state index is -0.773. The summed E-state index contributed by atoms with van der Waals surface area (Å²) in [7, 11) is 2.58. The van der Waals surface area contributed by atoms with Crippen LogP contribution in [0, 0.1) is 12.7 Å². The quantitative estimate of drug-likeness (QED) is 0.385. The lowest BCUT2D eigenvalue weighted by Gasteiger charge is -2.13. The van der Waals surface area contributed by atoms with E-state index in [4.69, 9.17) is 0 Å². The monoisotopic (exact) mass is 534 g/mol. The first-order valence-corrected chi connectivity index (χ1v) is 11.4. The van der Waals surface area contributed by atoms with Gasteiger partial charge in [0.1, 0.15) is 16.4 Å². The number of aromatic nitrogens is 2. The van der Waals surface area contributed by atoms with E-state index in [1.807, 2.05) is 19.1 Å². The summed E-state index contributed by atoms with van der Waals surface area (Å²) in [5, 5.41) is 13.3. The van der Waals surface area contributed by atoms with E-state index in [9.17, 15) is 23.9 Å². The fourth-order valence-electron chi connectivity index (χ4n) is 2.86. The maximum atomic E-state index is 13.3. The number of halogens is 2. The maximum absolute atomic E-state index is 13.3. The minimum absolute atomic E-state index is 0.00781. The van der Waals surface area contributed by atoms with E-state index >= 15 is 0 Å². The number of aromatic hydroxyl groups is 1. The zero-order chi connectivity index (χ0) is 24.3. The van der Waals surface area contributed by atoms with Crippen LogP contribution in [0.15, 0.2) is 61.5 Å². The molecule has 0 spiro atoms. The predicted octanol–water partition coefficient (Wildman–Crippen LogP) is 3.45. The van der Waals surface area contributed by atoms with Gasteiger partial charge in [-0.05, 0) is 64.8 Å². The van der Waals surface area contributed by atoms with Gasteiger partial charge < -0.3 is 10.4 Å². The topological polar surface area (TPSA) is 106 Å². The molecule has 3 rings (SSSR count). The van der Waals surface area contributed by atoms with Gasteiger partial charge in [0.2, 0.25) is 11.8 Å². The lowest BCUT2D eigenvalue weighted by Crippen LogP contribution is -2.39. The van der Waals surface area contributed by atoms with Crippen LogP contribution >= 0.6 is 27.7 Å². The van der Waals surface area contributed by atoms with Crippen molar-refractivity contribution in [3.05, 3.63) is 84.7 Å². The summed E-state index contributed by atoms with van der Waals surface area (Å²) in [6.45, 7) is 1.92. The fourth-order valence-corrected chi connectivity index (χ4v) is 4.28. The second-order valence-corrected chi connectivity index (χ2v) is 8.94. The molecule has 0 fully saturated rings. The van der Waals surface area contributed by atoms with Crippen molar-refractivity contribution in [2.75, 3.05) is 11.1 Å². The van der Waals surface area contributed by atoms with Gasteiger partial charge in [-0.15, -0.1) is 0 Å². The SMILES string of the molecule is Cc1ccc(NC(=O)CSC(=Nc2ccc(F)cc2)c2c(O)n(C)c(=O)n(C)c2=O)c(Br)c1. The van der Waals surface area contributed by atoms with E-state index in [-0.39, 0.29) is 22.3 Å². The molecule has 8 nitrogen and oxygen atoms in total. The molecule has 0 aliphatic rings. The Balaban J connectivity index is 1.97. The van der Waals surface area contributed by atoms with Crippen LogP contribution in [0.5, 0.6) is 5.88 Å². The van der Waals surface area contributed by atoms with Crippen LogP contribution in [-0.4, -0.2) is 30.9 Å². The molecule has 0 bridgehead atoms. The number of benzene rings is 2. The average molecular weight is 535 g/mol. The van der Waals surface area contributed by atoms with Crippen molar-refractivity contribution < 1.29 is 14.3 Å². The number of rotatable bonds is 5. The zero-order valence-electron chi connectivity index (χ0n) is 17.9. The van der Waals surface area contributed by atoms with E-state index in [0.717, 1.165) is 26.5 Å². The van der Waals surface area contributed by atoms with Crippen molar-refractivity contribution in [2.45, 2.75) is 6.92 Å². The number of thioether (sulfide) groups is 1. The fraction of sp³-hybridized carbons (Fsp3) is 0.182. The standard InChI is InChI=1S/C22H20BrFN4O4S/c1-12-4-9-16(15(23)10-12)26-17(29)11-33-19(25-14-7-5-13(24)6-8-14)18-20(30)27(2)22(32)28(3)21(18)31/h4-10,30H,11H2,1-3H3,(H,26,29). The van der Waals surface area contributed by atoms with Crippen molar-refractivity contribution in [3.63, 3.8) is 0 Å². The van der Waals surface area contributed by atoms with Gasteiger partial charge in [0.25, 0.3) is 5.56 Å². The molecule has 0 aliphatic heterocycles. The highest BCUT2D eigenvalue weighted by Gasteiger charge is 2.22. The van der Waals surface area contributed by atoms with Crippen molar-refractivity contribution in [2.24, 2.45) is 19.1 Å². The third-order valence-corrected chi connectivity index (χ3v) is 6.27. The van der Waals surface area contributed by atoms with Crippen LogP contribution in [0.2, 0.25) is 0 Å². The Hall–Kier alpha value is -3.18. The molecular formula is C22H20BrFN4O4S. The Morgan fingerprint density at radius 3 is 2.45 bits per heavy atom. The van der Waals surface area contributed by atoms with E-state index in [1.165, 1.54) is 38.4 Å². The highest BCUT2D eigenvalue weighted by atomic mass is 79.9. The van der Waals surface area contributed by atoms with Crippen LogP contribution in [0.1, 0.15) is 11.1 Å². The Bertz CT molecular complexity index is 1370. The molecule has 0 aliphatic carbocycles. The molecule has 172 valence electrons. The summed E-state index contributed by atoms with van der Waals surface area (Å²) in [4.78, 5) is 41.8. The minimum Gasteiger partial charge on any atom is -0.494 e. The summed E-state index contributed by atoms with van der Waals surface area (Å²) >= 11 is 4.30. The molecule has 0 atom stereocenters. The first-order valence-electron chi connectivity index (χ1n) is 9.61. The molecule has 2 N–H and O–H groups in total. The van der Waals surface area contributed by atoms with E-state index in [1.54, 1.807) is 6.07 Å². The Kier molecular flexibility index (Phi) is 7.54. The lowest BCUT2D eigenvalue weighted by molar-refractivity contribution is -0.113. The second-order valence-electron chi connectivity index (χ2n) is 7.12. The van der Waals surface area contributed by atoms with E-state index in [2.05, 4.69) is 26.2 Å². The number of hydrogen-bond acceptors (Lipinski definition) is 6. The van der Waals surface area contributed by atoms with Crippen molar-refractivity contribution in [1.29, 1.82) is 0 Å². The Labute approximate surface area is 200 Å². The number of aliphatic imine (C=N–C) groups is 1. The van der Waals surface area contributed by atoms with Crippen molar-refractivity contribution >= 4 is 50.0 Å². The van der Waals surface area contributed by atoms with Gasteiger partial charge in [-0.25, -0.2) is 14.2 Å². The number of amides is 1.